The van der Waals surface area contributed by atoms with Gasteiger partial charge in [-0.15, -0.1) is 0 Å². The highest BCUT2D eigenvalue weighted by Gasteiger charge is 2.39. The Balaban J connectivity index is 1.87. The molecule has 0 atom stereocenters. The molecule has 7 nitrogen and oxygen atoms in total. The number of aliphatic imine (C=N–C) groups is 1. The third-order valence-corrected chi connectivity index (χ3v) is 6.01. The lowest BCUT2D eigenvalue weighted by molar-refractivity contribution is 0.0208. The number of likely N-dealkylation sites (tertiary alicyclic amines) is 2. The summed E-state index contributed by atoms with van der Waals surface area (Å²) in [5.74, 6) is 0.940. The molecular formula is C21H43N5O2. The zero-order valence-electron chi connectivity index (χ0n) is 18.5. The van der Waals surface area contributed by atoms with Gasteiger partial charge >= 0.3 is 0 Å². The van der Waals surface area contributed by atoms with Gasteiger partial charge in [0, 0.05) is 32.3 Å². The fraction of sp³-hybridized carbons (Fsp3) is 0.952. The van der Waals surface area contributed by atoms with Gasteiger partial charge in [-0.1, -0.05) is 6.42 Å². The molecule has 0 radical (unpaired) electrons. The minimum atomic E-state index is 0.235. The molecule has 0 bridgehead atoms. The maximum absolute atomic E-state index is 5.54. The third-order valence-electron chi connectivity index (χ3n) is 6.01. The average molecular weight is 398 g/mol. The fourth-order valence-corrected chi connectivity index (χ4v) is 4.17. The van der Waals surface area contributed by atoms with Crippen molar-refractivity contribution in [2.45, 2.75) is 51.0 Å². The van der Waals surface area contributed by atoms with Gasteiger partial charge in [-0.25, -0.2) is 0 Å². The molecular weight excluding hydrogens is 354 g/mol. The molecule has 2 aliphatic rings. The maximum Gasteiger partial charge on any atom is 0.191 e. The van der Waals surface area contributed by atoms with E-state index in [0.717, 1.165) is 38.6 Å². The van der Waals surface area contributed by atoms with E-state index in [4.69, 9.17) is 14.5 Å². The quantitative estimate of drug-likeness (QED) is 0.313. The van der Waals surface area contributed by atoms with Crippen molar-refractivity contribution in [1.29, 1.82) is 0 Å². The van der Waals surface area contributed by atoms with Crippen molar-refractivity contribution < 1.29 is 9.47 Å². The van der Waals surface area contributed by atoms with Crippen molar-refractivity contribution in [2.24, 2.45) is 4.99 Å². The van der Waals surface area contributed by atoms with Gasteiger partial charge in [-0.05, 0) is 72.3 Å². The van der Waals surface area contributed by atoms with Crippen LogP contribution in [0, 0.1) is 0 Å². The summed E-state index contributed by atoms with van der Waals surface area (Å²) in [5, 5.41) is 6.89. The average Bonchev–Trinajstić information content (AvgIpc) is 2.73. The van der Waals surface area contributed by atoms with E-state index < -0.39 is 0 Å². The number of nitrogens with one attached hydrogen (secondary N) is 2. The first-order valence-corrected chi connectivity index (χ1v) is 11.2. The van der Waals surface area contributed by atoms with Crippen LogP contribution in [-0.2, 0) is 9.47 Å². The van der Waals surface area contributed by atoms with E-state index in [1.54, 1.807) is 7.11 Å². The van der Waals surface area contributed by atoms with Crippen LogP contribution in [-0.4, -0.2) is 101 Å². The van der Waals surface area contributed by atoms with Crippen LogP contribution < -0.4 is 10.6 Å². The van der Waals surface area contributed by atoms with Gasteiger partial charge in [0.15, 0.2) is 5.96 Å². The van der Waals surface area contributed by atoms with E-state index in [9.17, 15) is 0 Å². The van der Waals surface area contributed by atoms with Crippen LogP contribution in [0.15, 0.2) is 4.99 Å². The third kappa shape index (κ3) is 7.85. The summed E-state index contributed by atoms with van der Waals surface area (Å²) in [5.41, 5.74) is 0.235. The minimum Gasteiger partial charge on any atom is -0.382 e. The van der Waals surface area contributed by atoms with Crippen LogP contribution in [0.5, 0.6) is 0 Å². The molecule has 0 amide bonds. The first kappa shape index (κ1) is 23.4. The molecule has 0 unspecified atom stereocenters. The lowest BCUT2D eigenvalue weighted by atomic mass is 9.84. The van der Waals surface area contributed by atoms with Gasteiger partial charge in [0.1, 0.15) is 0 Å². The van der Waals surface area contributed by atoms with Crippen molar-refractivity contribution in [3.63, 3.8) is 0 Å². The largest absolute Gasteiger partial charge is 0.382 e. The van der Waals surface area contributed by atoms with E-state index in [1.165, 1.54) is 58.3 Å². The summed E-state index contributed by atoms with van der Waals surface area (Å²) in [4.78, 5) is 10.2. The Labute approximate surface area is 172 Å². The second kappa shape index (κ2) is 13.4. The number of nitrogens with zero attached hydrogens (tertiary/aromatic N) is 3. The highest BCUT2D eigenvalue weighted by Crippen LogP contribution is 2.31. The molecule has 7 heteroatoms. The Kier molecular flexibility index (Phi) is 11.2. The number of hydrogen-bond acceptors (Lipinski definition) is 5. The second-order valence-electron chi connectivity index (χ2n) is 8.16. The molecule has 0 saturated carbocycles. The predicted octanol–water partition coefficient (Wildman–Crippen LogP) is 1.54. The van der Waals surface area contributed by atoms with Crippen molar-refractivity contribution in [3.8, 4) is 0 Å². The Morgan fingerprint density at radius 3 is 2.43 bits per heavy atom. The molecule has 164 valence electrons. The molecule has 2 fully saturated rings. The monoisotopic (exact) mass is 397 g/mol. The summed E-state index contributed by atoms with van der Waals surface area (Å²) in [6.45, 7) is 11.7. The van der Waals surface area contributed by atoms with Crippen LogP contribution in [0.1, 0.15) is 45.4 Å². The highest BCUT2D eigenvalue weighted by atomic mass is 16.5. The highest BCUT2D eigenvalue weighted by molar-refractivity contribution is 5.79. The van der Waals surface area contributed by atoms with Gasteiger partial charge in [-0.3, -0.25) is 9.89 Å². The lowest BCUT2D eigenvalue weighted by Crippen LogP contribution is -2.58. The first-order chi connectivity index (χ1) is 13.7. The van der Waals surface area contributed by atoms with Crippen molar-refractivity contribution >= 4 is 5.96 Å². The molecule has 0 aliphatic carbocycles. The zero-order chi connectivity index (χ0) is 20.1. The smallest absolute Gasteiger partial charge is 0.191 e. The minimum absolute atomic E-state index is 0.235. The normalized spacial score (nSPS) is 21.6. The molecule has 2 saturated heterocycles. The standard InChI is InChI=1S/C21H43N5O2/c1-4-22-20(23-11-8-16-28-18-17-27-3)24-19-21(9-14-25(2)15-10-21)26-12-6-5-7-13-26/h4-19H2,1-3H3,(H2,22,23,24). The van der Waals surface area contributed by atoms with Crippen molar-refractivity contribution in [2.75, 3.05) is 79.8 Å². The molecule has 2 rings (SSSR count). The number of ether oxygens (including phenoxy) is 2. The second-order valence-corrected chi connectivity index (χ2v) is 8.16. The van der Waals surface area contributed by atoms with Gasteiger partial charge in [0.05, 0.1) is 19.8 Å². The van der Waals surface area contributed by atoms with Crippen LogP contribution >= 0.6 is 0 Å². The van der Waals surface area contributed by atoms with Crippen LogP contribution in [0.4, 0.5) is 0 Å². The van der Waals surface area contributed by atoms with Crippen molar-refractivity contribution in [1.82, 2.24) is 20.4 Å². The SMILES string of the molecule is CCNC(=NCC1(N2CCCCC2)CCN(C)CC1)NCCCOCCOC. The molecule has 0 aromatic rings. The van der Waals surface area contributed by atoms with Crippen molar-refractivity contribution in [3.05, 3.63) is 0 Å². The Hall–Kier alpha value is -0.890. The Morgan fingerprint density at radius 1 is 1.00 bits per heavy atom. The molecule has 0 aromatic carbocycles. The van der Waals surface area contributed by atoms with Gasteiger partial charge in [0.2, 0.25) is 0 Å². The summed E-state index contributed by atoms with van der Waals surface area (Å²) in [6, 6.07) is 0. The van der Waals surface area contributed by atoms with E-state index in [-0.39, 0.29) is 5.54 Å². The molecule has 28 heavy (non-hydrogen) atoms. The van der Waals surface area contributed by atoms with E-state index in [0.29, 0.717) is 13.2 Å². The number of hydrogen-bond donors (Lipinski definition) is 2. The molecule has 2 aliphatic heterocycles. The first-order valence-electron chi connectivity index (χ1n) is 11.2. The van der Waals surface area contributed by atoms with E-state index >= 15 is 0 Å². The Bertz CT molecular complexity index is 433. The zero-order valence-corrected chi connectivity index (χ0v) is 18.5. The number of rotatable bonds is 11. The van der Waals surface area contributed by atoms with E-state index in [1.807, 2.05) is 0 Å². The molecule has 2 heterocycles. The van der Waals surface area contributed by atoms with Crippen LogP contribution in [0.3, 0.4) is 0 Å². The molecule has 0 spiro atoms. The summed E-state index contributed by atoms with van der Waals surface area (Å²) < 4.78 is 10.5. The maximum atomic E-state index is 5.54. The summed E-state index contributed by atoms with van der Waals surface area (Å²) in [6.07, 6.45) is 7.47. The predicted molar refractivity (Wildman–Crippen MR) is 116 cm³/mol. The number of piperidine rings is 2. The fourth-order valence-electron chi connectivity index (χ4n) is 4.17. The van der Waals surface area contributed by atoms with Crippen LogP contribution in [0.25, 0.3) is 0 Å². The van der Waals surface area contributed by atoms with Gasteiger partial charge in [-0.2, -0.15) is 0 Å². The summed E-state index contributed by atoms with van der Waals surface area (Å²) >= 11 is 0. The van der Waals surface area contributed by atoms with Crippen LogP contribution in [0.2, 0.25) is 0 Å². The topological polar surface area (TPSA) is 61.4 Å². The molecule has 0 aromatic heterocycles. The number of methoxy groups -OCH3 is 1. The van der Waals surface area contributed by atoms with Gasteiger partial charge in [0.25, 0.3) is 0 Å². The molecule has 2 N–H and O–H groups in total. The summed E-state index contributed by atoms with van der Waals surface area (Å²) in [7, 11) is 3.94. The lowest BCUT2D eigenvalue weighted by Gasteiger charge is -2.49. The van der Waals surface area contributed by atoms with Gasteiger partial charge < -0.3 is 25.0 Å². The van der Waals surface area contributed by atoms with E-state index in [2.05, 4.69) is 34.4 Å². The number of guanidine groups is 1. The Morgan fingerprint density at radius 2 is 1.75 bits per heavy atom.